The van der Waals surface area contributed by atoms with Crippen molar-refractivity contribution in [2.45, 2.75) is 20.8 Å². The van der Waals surface area contributed by atoms with Crippen LogP contribution in [-0.2, 0) is 0 Å². The van der Waals surface area contributed by atoms with Gasteiger partial charge >= 0.3 is 0 Å². The number of rotatable bonds is 5. The average molecular weight is 280 g/mol. The van der Waals surface area contributed by atoms with Gasteiger partial charge in [-0.15, -0.1) is 0 Å². The number of aryl methyl sites for hydroxylation is 2. The normalized spacial score (nSPS) is 10.8. The SMILES string of the molecule is CCOc1ccccc1/C=C/C(=O)c1ccc(C)c(C)c1. The van der Waals surface area contributed by atoms with Gasteiger partial charge in [0.05, 0.1) is 6.61 Å². The van der Waals surface area contributed by atoms with Crippen molar-refractivity contribution in [1.82, 2.24) is 0 Å². The lowest BCUT2D eigenvalue weighted by atomic mass is 10.0. The molecule has 0 heterocycles. The van der Waals surface area contributed by atoms with E-state index in [1.165, 1.54) is 5.56 Å². The van der Waals surface area contributed by atoms with Crippen molar-refractivity contribution in [3.8, 4) is 5.75 Å². The molecule has 0 aliphatic carbocycles. The Kier molecular flexibility index (Phi) is 4.94. The van der Waals surface area contributed by atoms with Crippen LogP contribution in [0.1, 0.15) is 34.0 Å². The Labute approximate surface area is 126 Å². The molecule has 0 radical (unpaired) electrons. The first-order valence-electron chi connectivity index (χ1n) is 7.13. The Morgan fingerprint density at radius 3 is 2.57 bits per heavy atom. The number of carbonyl (C=O) groups excluding carboxylic acids is 1. The van der Waals surface area contributed by atoms with Crippen LogP contribution in [0.2, 0.25) is 0 Å². The molecule has 0 aliphatic heterocycles. The third kappa shape index (κ3) is 3.82. The summed E-state index contributed by atoms with van der Waals surface area (Å²) in [4.78, 5) is 12.2. The fourth-order valence-corrected chi connectivity index (χ4v) is 2.06. The van der Waals surface area contributed by atoms with Gasteiger partial charge in [-0.25, -0.2) is 0 Å². The van der Waals surface area contributed by atoms with Crippen LogP contribution in [-0.4, -0.2) is 12.4 Å². The molecule has 2 heteroatoms. The molecule has 0 saturated heterocycles. The lowest BCUT2D eigenvalue weighted by Crippen LogP contribution is -1.97. The molecule has 0 N–H and O–H groups in total. The van der Waals surface area contributed by atoms with E-state index in [9.17, 15) is 4.79 Å². The maximum atomic E-state index is 12.2. The second-order valence-electron chi connectivity index (χ2n) is 4.97. The Bertz CT molecular complexity index is 669. The largest absolute Gasteiger partial charge is 0.493 e. The number of ketones is 1. The number of carbonyl (C=O) groups is 1. The van der Waals surface area contributed by atoms with Crippen molar-refractivity contribution < 1.29 is 9.53 Å². The molecule has 2 rings (SSSR count). The molecule has 2 aromatic rings. The summed E-state index contributed by atoms with van der Waals surface area (Å²) in [6.07, 6.45) is 3.41. The molecule has 2 aromatic carbocycles. The standard InChI is InChI=1S/C19H20O2/c1-4-21-19-8-6-5-7-16(19)11-12-18(20)17-10-9-14(2)15(3)13-17/h5-13H,4H2,1-3H3/b12-11+. The van der Waals surface area contributed by atoms with Gasteiger partial charge in [-0.2, -0.15) is 0 Å². The zero-order valence-corrected chi connectivity index (χ0v) is 12.7. The number of benzene rings is 2. The fraction of sp³-hybridized carbons (Fsp3) is 0.211. The number of allylic oxidation sites excluding steroid dienone is 1. The van der Waals surface area contributed by atoms with E-state index in [1.54, 1.807) is 6.08 Å². The van der Waals surface area contributed by atoms with Gasteiger partial charge in [0.25, 0.3) is 0 Å². The number of ether oxygens (including phenoxy) is 1. The Morgan fingerprint density at radius 1 is 1.10 bits per heavy atom. The van der Waals surface area contributed by atoms with Crippen molar-refractivity contribution in [2.24, 2.45) is 0 Å². The Balaban J connectivity index is 2.20. The summed E-state index contributed by atoms with van der Waals surface area (Å²) >= 11 is 0. The molecule has 0 unspecified atom stereocenters. The van der Waals surface area contributed by atoms with Crippen LogP contribution in [0.5, 0.6) is 5.75 Å². The van der Waals surface area contributed by atoms with E-state index in [4.69, 9.17) is 4.74 Å². The topological polar surface area (TPSA) is 26.3 Å². The third-order valence-corrected chi connectivity index (χ3v) is 3.42. The van der Waals surface area contributed by atoms with E-state index in [1.807, 2.05) is 69.3 Å². The van der Waals surface area contributed by atoms with Crippen molar-refractivity contribution in [3.05, 3.63) is 70.8 Å². The molecule has 2 nitrogen and oxygen atoms in total. The number of hydrogen-bond donors (Lipinski definition) is 0. The molecule has 21 heavy (non-hydrogen) atoms. The summed E-state index contributed by atoms with van der Waals surface area (Å²) in [5, 5.41) is 0. The molecular weight excluding hydrogens is 260 g/mol. The first kappa shape index (κ1) is 15.0. The van der Waals surface area contributed by atoms with E-state index in [-0.39, 0.29) is 5.78 Å². The first-order chi connectivity index (χ1) is 10.1. The smallest absolute Gasteiger partial charge is 0.185 e. The molecule has 0 atom stereocenters. The zero-order valence-electron chi connectivity index (χ0n) is 12.7. The van der Waals surface area contributed by atoms with Gasteiger partial charge in [-0.1, -0.05) is 30.3 Å². The molecule has 0 spiro atoms. The van der Waals surface area contributed by atoms with Crippen molar-refractivity contribution in [3.63, 3.8) is 0 Å². The van der Waals surface area contributed by atoms with E-state index < -0.39 is 0 Å². The van der Waals surface area contributed by atoms with Crippen molar-refractivity contribution >= 4 is 11.9 Å². The molecule has 108 valence electrons. The highest BCUT2D eigenvalue weighted by atomic mass is 16.5. The van der Waals surface area contributed by atoms with Gasteiger partial charge in [-0.05, 0) is 56.2 Å². The van der Waals surface area contributed by atoms with E-state index in [0.717, 1.165) is 16.9 Å². The van der Waals surface area contributed by atoms with Crippen LogP contribution in [0.4, 0.5) is 0 Å². The summed E-state index contributed by atoms with van der Waals surface area (Å²) in [5.41, 5.74) is 3.95. The number of hydrogen-bond acceptors (Lipinski definition) is 2. The summed E-state index contributed by atoms with van der Waals surface area (Å²) in [6, 6.07) is 13.5. The maximum Gasteiger partial charge on any atom is 0.185 e. The van der Waals surface area contributed by atoms with Crippen molar-refractivity contribution in [2.75, 3.05) is 6.61 Å². The second-order valence-corrected chi connectivity index (χ2v) is 4.97. The Hall–Kier alpha value is -2.35. The van der Waals surface area contributed by atoms with Crippen LogP contribution in [0.25, 0.3) is 6.08 Å². The highest BCUT2D eigenvalue weighted by Crippen LogP contribution is 2.20. The van der Waals surface area contributed by atoms with Gasteiger partial charge in [0.2, 0.25) is 0 Å². The minimum atomic E-state index is 0.00408. The van der Waals surface area contributed by atoms with Gasteiger partial charge in [0, 0.05) is 11.1 Å². The third-order valence-electron chi connectivity index (χ3n) is 3.42. The minimum Gasteiger partial charge on any atom is -0.493 e. The molecular formula is C19H20O2. The van der Waals surface area contributed by atoms with Crippen LogP contribution >= 0.6 is 0 Å². The van der Waals surface area contributed by atoms with Gasteiger partial charge in [-0.3, -0.25) is 4.79 Å². The van der Waals surface area contributed by atoms with Gasteiger partial charge in [0.15, 0.2) is 5.78 Å². The van der Waals surface area contributed by atoms with Crippen LogP contribution in [0, 0.1) is 13.8 Å². The number of para-hydroxylation sites is 1. The monoisotopic (exact) mass is 280 g/mol. The van der Waals surface area contributed by atoms with Crippen molar-refractivity contribution in [1.29, 1.82) is 0 Å². The lowest BCUT2D eigenvalue weighted by Gasteiger charge is -2.06. The van der Waals surface area contributed by atoms with Gasteiger partial charge < -0.3 is 4.74 Å². The predicted molar refractivity (Wildman–Crippen MR) is 86.9 cm³/mol. The minimum absolute atomic E-state index is 0.00408. The molecule has 0 aromatic heterocycles. The Morgan fingerprint density at radius 2 is 1.86 bits per heavy atom. The summed E-state index contributed by atoms with van der Waals surface area (Å²) in [7, 11) is 0. The molecule has 0 bridgehead atoms. The van der Waals surface area contributed by atoms with Gasteiger partial charge in [0.1, 0.15) is 5.75 Å². The highest BCUT2D eigenvalue weighted by molar-refractivity contribution is 6.07. The average Bonchev–Trinajstić information content (AvgIpc) is 2.49. The van der Waals surface area contributed by atoms with E-state index in [0.29, 0.717) is 12.2 Å². The molecule has 0 fully saturated rings. The fourth-order valence-electron chi connectivity index (χ4n) is 2.06. The maximum absolute atomic E-state index is 12.2. The summed E-state index contributed by atoms with van der Waals surface area (Å²) in [5.74, 6) is 0.800. The van der Waals surface area contributed by atoms with E-state index >= 15 is 0 Å². The quantitative estimate of drug-likeness (QED) is 0.591. The van der Waals surface area contributed by atoms with Crippen LogP contribution in [0.15, 0.2) is 48.5 Å². The van der Waals surface area contributed by atoms with E-state index in [2.05, 4.69) is 0 Å². The lowest BCUT2D eigenvalue weighted by molar-refractivity contribution is 0.104. The molecule has 0 amide bonds. The predicted octanol–water partition coefficient (Wildman–Crippen LogP) is 4.60. The molecule has 0 saturated carbocycles. The van der Waals surface area contributed by atoms with Crippen LogP contribution in [0.3, 0.4) is 0 Å². The first-order valence-corrected chi connectivity index (χ1v) is 7.13. The second kappa shape index (κ2) is 6.89. The summed E-state index contributed by atoms with van der Waals surface area (Å²) in [6.45, 7) is 6.61. The highest BCUT2D eigenvalue weighted by Gasteiger charge is 2.04. The van der Waals surface area contributed by atoms with Crippen LogP contribution < -0.4 is 4.74 Å². The summed E-state index contributed by atoms with van der Waals surface area (Å²) < 4.78 is 5.55. The molecule has 0 aliphatic rings. The zero-order chi connectivity index (χ0) is 15.2.